The lowest BCUT2D eigenvalue weighted by molar-refractivity contribution is -0.118. The maximum atomic E-state index is 11.5. The van der Waals surface area contributed by atoms with Crippen molar-refractivity contribution in [3.63, 3.8) is 0 Å². The topological polar surface area (TPSA) is 20.3 Å². The average molecular weight is 212 g/mol. The summed E-state index contributed by atoms with van der Waals surface area (Å²) in [7, 11) is 1.78. The average Bonchev–Trinajstić information content (AvgIpc) is 2.18. The Balaban J connectivity index is 2.73. The molecular formula is C11H14ClNO. The molecule has 3 heteroatoms. The first-order valence-electron chi connectivity index (χ1n) is 4.67. The number of hydrogen-bond acceptors (Lipinski definition) is 1. The molecule has 0 spiro atoms. The zero-order valence-corrected chi connectivity index (χ0v) is 9.21. The molecule has 0 heterocycles. The Morgan fingerprint density at radius 2 is 1.93 bits per heavy atom. The number of halogens is 1. The number of rotatable bonds is 3. The first kappa shape index (κ1) is 11.1. The van der Waals surface area contributed by atoms with Gasteiger partial charge in [-0.2, -0.15) is 0 Å². The Kier molecular flexibility index (Phi) is 3.96. The van der Waals surface area contributed by atoms with E-state index in [4.69, 9.17) is 11.6 Å². The first-order valence-corrected chi connectivity index (χ1v) is 5.05. The van der Waals surface area contributed by atoms with E-state index in [1.165, 1.54) is 0 Å². The lowest BCUT2D eigenvalue weighted by atomic mass is 10.2. The van der Waals surface area contributed by atoms with Gasteiger partial charge in [0.1, 0.15) is 0 Å². The number of carbonyl (C=O) groups excluding carboxylic acids is 1. The second kappa shape index (κ2) is 5.01. The van der Waals surface area contributed by atoms with Crippen molar-refractivity contribution in [3.05, 3.63) is 29.3 Å². The van der Waals surface area contributed by atoms with Crippen LogP contribution in [0.4, 0.5) is 5.69 Å². The lowest BCUT2D eigenvalue weighted by Crippen LogP contribution is -2.25. The minimum atomic E-state index is 0.134. The minimum Gasteiger partial charge on any atom is -0.316 e. The monoisotopic (exact) mass is 211 g/mol. The summed E-state index contributed by atoms with van der Waals surface area (Å²) in [4.78, 5) is 13.2. The van der Waals surface area contributed by atoms with Crippen molar-refractivity contribution >= 4 is 23.2 Å². The molecule has 0 fully saturated rings. The summed E-state index contributed by atoms with van der Waals surface area (Å²) in [6.45, 7) is 1.99. The van der Waals surface area contributed by atoms with Crippen LogP contribution in [0.15, 0.2) is 24.3 Å². The Labute approximate surface area is 89.5 Å². The lowest BCUT2D eigenvalue weighted by Gasteiger charge is -2.16. The highest BCUT2D eigenvalue weighted by Gasteiger charge is 2.08. The van der Waals surface area contributed by atoms with E-state index in [1.807, 2.05) is 19.1 Å². The van der Waals surface area contributed by atoms with Crippen LogP contribution in [0.1, 0.15) is 19.8 Å². The predicted molar refractivity (Wildman–Crippen MR) is 59.8 cm³/mol. The molecular weight excluding hydrogens is 198 g/mol. The largest absolute Gasteiger partial charge is 0.316 e. The van der Waals surface area contributed by atoms with Gasteiger partial charge in [0, 0.05) is 24.2 Å². The maximum Gasteiger partial charge on any atom is 0.226 e. The van der Waals surface area contributed by atoms with E-state index in [-0.39, 0.29) is 5.91 Å². The van der Waals surface area contributed by atoms with Gasteiger partial charge in [0.15, 0.2) is 0 Å². The van der Waals surface area contributed by atoms with Crippen molar-refractivity contribution in [3.8, 4) is 0 Å². The van der Waals surface area contributed by atoms with Crippen LogP contribution in [0.5, 0.6) is 0 Å². The van der Waals surface area contributed by atoms with E-state index < -0.39 is 0 Å². The number of carbonyl (C=O) groups is 1. The summed E-state index contributed by atoms with van der Waals surface area (Å²) in [5.74, 6) is 0.134. The number of nitrogens with zero attached hydrogens (tertiary/aromatic N) is 1. The van der Waals surface area contributed by atoms with Crippen LogP contribution in [0.2, 0.25) is 5.02 Å². The smallest absolute Gasteiger partial charge is 0.226 e. The minimum absolute atomic E-state index is 0.134. The fourth-order valence-corrected chi connectivity index (χ4v) is 1.32. The van der Waals surface area contributed by atoms with E-state index in [9.17, 15) is 4.79 Å². The summed E-state index contributed by atoms with van der Waals surface area (Å²) in [5.41, 5.74) is 0.882. The molecule has 0 bridgehead atoms. The molecule has 1 aromatic rings. The fourth-order valence-electron chi connectivity index (χ4n) is 1.19. The molecule has 0 aliphatic rings. The highest BCUT2D eigenvalue weighted by atomic mass is 35.5. The van der Waals surface area contributed by atoms with Crippen molar-refractivity contribution in [1.29, 1.82) is 0 Å². The Bertz CT molecular complexity index is 308. The summed E-state index contributed by atoms with van der Waals surface area (Å²) < 4.78 is 0. The molecule has 2 nitrogen and oxygen atoms in total. The van der Waals surface area contributed by atoms with Crippen LogP contribution in [-0.4, -0.2) is 13.0 Å². The molecule has 14 heavy (non-hydrogen) atoms. The van der Waals surface area contributed by atoms with Crippen molar-refractivity contribution in [2.75, 3.05) is 11.9 Å². The number of anilines is 1. The zero-order chi connectivity index (χ0) is 10.6. The van der Waals surface area contributed by atoms with Gasteiger partial charge in [0.2, 0.25) is 5.91 Å². The number of amides is 1. The first-order chi connectivity index (χ1) is 6.65. The Hall–Kier alpha value is -1.02. The molecule has 0 radical (unpaired) electrons. The third-order valence-electron chi connectivity index (χ3n) is 2.05. The number of hydrogen-bond donors (Lipinski definition) is 0. The van der Waals surface area contributed by atoms with Crippen molar-refractivity contribution in [2.45, 2.75) is 19.8 Å². The summed E-state index contributed by atoms with van der Waals surface area (Å²) in [6, 6.07) is 7.25. The van der Waals surface area contributed by atoms with Gasteiger partial charge in [-0.25, -0.2) is 0 Å². The van der Waals surface area contributed by atoms with Crippen LogP contribution >= 0.6 is 11.6 Å². The van der Waals surface area contributed by atoms with Gasteiger partial charge in [-0.05, 0) is 30.7 Å². The third-order valence-corrected chi connectivity index (χ3v) is 2.30. The molecule has 1 aromatic carbocycles. The number of benzene rings is 1. The van der Waals surface area contributed by atoms with Gasteiger partial charge in [0.05, 0.1) is 0 Å². The summed E-state index contributed by atoms with van der Waals surface area (Å²) >= 11 is 5.75. The SMILES string of the molecule is CCCC(=O)N(C)c1ccc(Cl)cc1. The molecule has 76 valence electrons. The van der Waals surface area contributed by atoms with Crippen LogP contribution in [0, 0.1) is 0 Å². The van der Waals surface area contributed by atoms with Crippen LogP contribution < -0.4 is 4.90 Å². The van der Waals surface area contributed by atoms with E-state index in [0.29, 0.717) is 11.4 Å². The fraction of sp³-hybridized carbons (Fsp3) is 0.364. The molecule has 1 rings (SSSR count). The van der Waals surface area contributed by atoms with Crippen LogP contribution in [-0.2, 0) is 4.79 Å². The van der Waals surface area contributed by atoms with Crippen LogP contribution in [0.3, 0.4) is 0 Å². The van der Waals surface area contributed by atoms with Gasteiger partial charge < -0.3 is 4.90 Å². The quantitative estimate of drug-likeness (QED) is 0.753. The second-order valence-electron chi connectivity index (χ2n) is 3.18. The molecule has 0 aliphatic heterocycles. The third kappa shape index (κ3) is 2.74. The van der Waals surface area contributed by atoms with Gasteiger partial charge in [-0.3, -0.25) is 4.79 Å². The standard InChI is InChI=1S/C11H14ClNO/c1-3-4-11(14)13(2)10-7-5-9(12)6-8-10/h5-8H,3-4H2,1-2H3. The van der Waals surface area contributed by atoms with Gasteiger partial charge in [-0.1, -0.05) is 18.5 Å². The Morgan fingerprint density at radius 1 is 1.36 bits per heavy atom. The van der Waals surface area contributed by atoms with Gasteiger partial charge in [-0.15, -0.1) is 0 Å². The second-order valence-corrected chi connectivity index (χ2v) is 3.62. The molecule has 0 unspecified atom stereocenters. The molecule has 0 aliphatic carbocycles. The van der Waals surface area contributed by atoms with Crippen molar-refractivity contribution in [1.82, 2.24) is 0 Å². The molecule has 0 atom stereocenters. The van der Waals surface area contributed by atoms with Gasteiger partial charge >= 0.3 is 0 Å². The van der Waals surface area contributed by atoms with E-state index >= 15 is 0 Å². The van der Waals surface area contributed by atoms with E-state index in [1.54, 1.807) is 24.1 Å². The van der Waals surface area contributed by atoms with Crippen molar-refractivity contribution < 1.29 is 4.79 Å². The molecule has 0 saturated carbocycles. The molecule has 0 saturated heterocycles. The molecule has 0 N–H and O–H groups in total. The predicted octanol–water partition coefficient (Wildman–Crippen LogP) is 3.10. The van der Waals surface area contributed by atoms with Crippen molar-refractivity contribution in [2.24, 2.45) is 0 Å². The van der Waals surface area contributed by atoms with Gasteiger partial charge in [0.25, 0.3) is 0 Å². The summed E-state index contributed by atoms with van der Waals surface area (Å²) in [6.07, 6.45) is 1.45. The Morgan fingerprint density at radius 3 is 2.43 bits per heavy atom. The summed E-state index contributed by atoms with van der Waals surface area (Å²) in [5, 5.41) is 0.685. The highest BCUT2D eigenvalue weighted by Crippen LogP contribution is 2.17. The highest BCUT2D eigenvalue weighted by molar-refractivity contribution is 6.30. The molecule has 0 aromatic heterocycles. The van der Waals surface area contributed by atoms with E-state index in [2.05, 4.69) is 0 Å². The normalized spacial score (nSPS) is 9.93. The maximum absolute atomic E-state index is 11.5. The molecule has 1 amide bonds. The zero-order valence-electron chi connectivity index (χ0n) is 8.46. The van der Waals surface area contributed by atoms with Crippen LogP contribution in [0.25, 0.3) is 0 Å². The van der Waals surface area contributed by atoms with E-state index in [0.717, 1.165) is 12.1 Å².